The first-order chi connectivity index (χ1) is 24.6. The third-order valence-corrected chi connectivity index (χ3v) is 11.1. The minimum atomic E-state index is -2.02. The van der Waals surface area contributed by atoms with Crippen LogP contribution in [0, 0.1) is 6.92 Å². The Morgan fingerprint density at radius 3 is 2.13 bits per heavy atom. The van der Waals surface area contributed by atoms with Crippen molar-refractivity contribution in [3.63, 3.8) is 0 Å². The number of fused-ring (bicyclic) bond motifs is 1. The summed E-state index contributed by atoms with van der Waals surface area (Å²) >= 11 is 38.7. The van der Waals surface area contributed by atoms with Gasteiger partial charge in [-0.1, -0.05) is 130 Å². The van der Waals surface area contributed by atoms with Crippen LogP contribution in [0.15, 0.2) is 82.5 Å². The van der Waals surface area contributed by atoms with Crippen molar-refractivity contribution < 1.29 is 14.3 Å². The summed E-state index contributed by atoms with van der Waals surface area (Å²) in [6.45, 7) is 4.51. The van der Waals surface area contributed by atoms with Crippen molar-refractivity contribution in [1.82, 2.24) is 19.5 Å². The summed E-state index contributed by atoms with van der Waals surface area (Å²) in [5, 5.41) is 0.700. The van der Waals surface area contributed by atoms with Crippen LogP contribution in [0.4, 0.5) is 5.69 Å². The molecule has 6 rings (SSSR count). The minimum absolute atomic E-state index is 0.00344. The molecule has 2 aromatic heterocycles. The number of alkyl halides is 6. The number of aromatic nitrogens is 4. The molecule has 0 saturated carbocycles. The second-order valence-corrected chi connectivity index (χ2v) is 17.9. The summed E-state index contributed by atoms with van der Waals surface area (Å²) in [5.74, 6) is -1.20. The van der Waals surface area contributed by atoms with E-state index in [0.29, 0.717) is 31.9 Å². The lowest BCUT2D eigenvalue weighted by Crippen LogP contribution is -2.35. The van der Waals surface area contributed by atoms with E-state index in [0.717, 1.165) is 16.1 Å². The molecule has 0 aliphatic carbocycles. The average Bonchev–Trinajstić information content (AvgIpc) is 3.62. The first-order valence-corrected chi connectivity index (χ1v) is 19.3. The number of rotatable bonds is 8. The number of ketones is 1. The van der Waals surface area contributed by atoms with Crippen LogP contribution in [-0.2, 0) is 18.9 Å². The topological polar surface area (TPSA) is 107 Å². The van der Waals surface area contributed by atoms with Crippen molar-refractivity contribution in [3.8, 4) is 11.4 Å². The molecule has 0 saturated heterocycles. The number of benzene rings is 3. The Morgan fingerprint density at radius 1 is 0.865 bits per heavy atom. The number of hydrogen-bond acceptors (Lipinski definition) is 10. The molecule has 0 bridgehead atoms. The van der Waals surface area contributed by atoms with E-state index in [1.165, 1.54) is 41.3 Å². The molecule has 0 amide bonds. The van der Waals surface area contributed by atoms with Crippen LogP contribution in [0.1, 0.15) is 44.9 Å². The fourth-order valence-corrected chi connectivity index (χ4v) is 8.24. The summed E-state index contributed by atoms with van der Waals surface area (Å²) in [5.41, 5.74) is 2.96. The SMILES string of the molecule is CCn1c(=O)/c(=C2/Sc3cc(C)ccc3N2CCOC(=O)c2ccc(-c3nc(C(Cl)(Cl)Cl)nc(C(Cl)(Cl)Cl)n3)cc2)s/c1=C\C(=O)c1ccccc1. The van der Waals surface area contributed by atoms with Crippen LogP contribution < -0.4 is 19.7 Å². The van der Waals surface area contributed by atoms with Crippen molar-refractivity contribution in [2.75, 3.05) is 18.1 Å². The third kappa shape index (κ3) is 8.48. The number of ether oxygens (including phenoxy) is 1. The van der Waals surface area contributed by atoms with Crippen LogP contribution in [0.3, 0.4) is 0 Å². The van der Waals surface area contributed by atoms with Gasteiger partial charge in [-0.3, -0.25) is 14.2 Å². The van der Waals surface area contributed by atoms with E-state index in [1.807, 2.05) is 43.0 Å². The maximum atomic E-state index is 13.8. The summed E-state index contributed by atoms with van der Waals surface area (Å²) in [6.07, 6.45) is 1.50. The molecule has 0 fully saturated rings. The van der Waals surface area contributed by atoms with E-state index in [-0.39, 0.29) is 47.5 Å². The van der Waals surface area contributed by atoms with Crippen LogP contribution in [0.25, 0.3) is 22.5 Å². The molecule has 9 nitrogen and oxygen atoms in total. The predicted molar refractivity (Wildman–Crippen MR) is 211 cm³/mol. The van der Waals surface area contributed by atoms with Gasteiger partial charge in [0, 0.05) is 28.6 Å². The zero-order valence-electron chi connectivity index (χ0n) is 27.1. The van der Waals surface area contributed by atoms with Crippen molar-refractivity contribution >= 4 is 121 Å². The van der Waals surface area contributed by atoms with Gasteiger partial charge in [-0.15, -0.1) is 11.3 Å². The number of esters is 1. The third-order valence-electron chi connectivity index (χ3n) is 7.66. The summed E-state index contributed by atoms with van der Waals surface area (Å²) in [7, 11) is 0. The molecular formula is C35H25Cl6N5O4S2. The second-order valence-electron chi connectivity index (χ2n) is 11.2. The summed E-state index contributed by atoms with van der Waals surface area (Å²) in [6, 6.07) is 21.1. The number of carbonyl (C=O) groups is 2. The molecule has 0 radical (unpaired) electrons. The van der Waals surface area contributed by atoms with Gasteiger partial charge in [0.15, 0.2) is 23.3 Å². The Hall–Kier alpha value is -3.13. The number of carbonyl (C=O) groups excluding carboxylic acids is 2. The Kier molecular flexibility index (Phi) is 11.6. The lowest BCUT2D eigenvalue weighted by Gasteiger charge is -2.20. The van der Waals surface area contributed by atoms with Crippen molar-refractivity contribution in [2.24, 2.45) is 0 Å². The molecule has 1 aliphatic rings. The van der Waals surface area contributed by atoms with Gasteiger partial charge >= 0.3 is 5.97 Å². The zero-order valence-corrected chi connectivity index (χ0v) is 33.2. The standard InChI is InChI=1S/C35H25Cl6N5O4S2/c1-3-45-26(18-24(47)20-7-5-4-6-8-20)52-27(29(45)48)30-46(23-14-9-19(2)17-25(23)51-30)15-16-50-31(49)22-12-10-21(11-13-22)28-42-32(34(36,37)38)44-33(43-28)35(39,40)41/h4-14,17-18H,3,15-16H2,1-2H3/b26-18-,30-27-. The molecule has 0 unspecified atom stereocenters. The number of aryl methyl sites for hydroxylation is 1. The zero-order chi connectivity index (χ0) is 37.4. The van der Waals surface area contributed by atoms with Gasteiger partial charge in [-0.05, 0) is 43.7 Å². The number of hydrogen-bond donors (Lipinski definition) is 0. The first kappa shape index (κ1) is 38.6. The largest absolute Gasteiger partial charge is 0.460 e. The Labute approximate surface area is 335 Å². The Bertz CT molecular complexity index is 2330. The molecule has 268 valence electrons. The van der Waals surface area contributed by atoms with E-state index in [9.17, 15) is 14.4 Å². The van der Waals surface area contributed by atoms with Gasteiger partial charge in [-0.25, -0.2) is 19.7 Å². The van der Waals surface area contributed by atoms with E-state index in [4.69, 9.17) is 74.3 Å². The number of thiazole rings is 1. The van der Waals surface area contributed by atoms with Gasteiger partial charge < -0.3 is 9.64 Å². The van der Waals surface area contributed by atoms with Crippen LogP contribution >= 0.6 is 92.7 Å². The lowest BCUT2D eigenvalue weighted by molar-refractivity contribution is 0.0517. The molecule has 52 heavy (non-hydrogen) atoms. The molecular weight excluding hydrogens is 831 g/mol. The average molecular weight is 856 g/mol. The fraction of sp³-hybridized carbons (Fsp3) is 0.200. The van der Waals surface area contributed by atoms with Crippen molar-refractivity contribution in [3.05, 3.63) is 121 Å². The Balaban J connectivity index is 1.25. The maximum Gasteiger partial charge on any atom is 0.338 e. The highest BCUT2D eigenvalue weighted by atomic mass is 35.6. The number of Topliss-reactive ketones (excluding diaryl/α,β-unsaturated/α-hetero) is 1. The molecule has 5 aromatic rings. The normalized spacial score (nSPS) is 14.5. The van der Waals surface area contributed by atoms with Gasteiger partial charge in [0.25, 0.3) is 5.56 Å². The van der Waals surface area contributed by atoms with E-state index in [2.05, 4.69) is 15.0 Å². The molecule has 1 aliphatic heterocycles. The molecule has 17 heteroatoms. The first-order valence-electron chi connectivity index (χ1n) is 15.4. The predicted octanol–water partition coefficient (Wildman–Crippen LogP) is 7.94. The second kappa shape index (κ2) is 15.7. The quantitative estimate of drug-likeness (QED) is 0.0874. The highest BCUT2D eigenvalue weighted by molar-refractivity contribution is 8.08. The van der Waals surface area contributed by atoms with E-state index in [1.54, 1.807) is 41.0 Å². The van der Waals surface area contributed by atoms with Gasteiger partial charge in [0.2, 0.25) is 7.59 Å². The van der Waals surface area contributed by atoms with Gasteiger partial charge in [-0.2, -0.15) is 0 Å². The molecule has 0 spiro atoms. The summed E-state index contributed by atoms with van der Waals surface area (Å²) in [4.78, 5) is 55.3. The molecule has 0 N–H and O–H groups in total. The molecule has 0 atom stereocenters. The number of thioether (sulfide) groups is 1. The number of nitrogens with zero attached hydrogens (tertiary/aromatic N) is 5. The highest BCUT2D eigenvalue weighted by Crippen LogP contribution is 2.46. The fourth-order valence-electron chi connectivity index (χ4n) is 5.18. The van der Waals surface area contributed by atoms with Gasteiger partial charge in [0.05, 0.1) is 17.8 Å². The van der Waals surface area contributed by atoms with E-state index < -0.39 is 13.6 Å². The number of halogens is 6. The van der Waals surface area contributed by atoms with Crippen molar-refractivity contribution in [2.45, 2.75) is 32.9 Å². The number of anilines is 1. The van der Waals surface area contributed by atoms with Crippen LogP contribution in [0.2, 0.25) is 0 Å². The van der Waals surface area contributed by atoms with Crippen LogP contribution in [0.5, 0.6) is 0 Å². The molecule has 3 aromatic carbocycles. The monoisotopic (exact) mass is 853 g/mol. The van der Waals surface area contributed by atoms with Crippen molar-refractivity contribution in [1.29, 1.82) is 0 Å². The smallest absolute Gasteiger partial charge is 0.338 e. The molecule has 3 heterocycles. The summed E-state index contributed by atoms with van der Waals surface area (Å²) < 4.78 is 4.29. The van der Waals surface area contributed by atoms with E-state index >= 15 is 0 Å². The minimum Gasteiger partial charge on any atom is -0.460 e. The lowest BCUT2D eigenvalue weighted by atomic mass is 10.1. The van der Waals surface area contributed by atoms with Gasteiger partial charge in [0.1, 0.15) is 20.8 Å². The Morgan fingerprint density at radius 2 is 1.52 bits per heavy atom. The highest BCUT2D eigenvalue weighted by Gasteiger charge is 2.34. The van der Waals surface area contributed by atoms with Crippen LogP contribution in [-0.4, -0.2) is 44.4 Å². The maximum absolute atomic E-state index is 13.8.